The van der Waals surface area contributed by atoms with Crippen LogP contribution in [0.1, 0.15) is 32.3 Å². The lowest BCUT2D eigenvalue weighted by atomic mass is 9.99. The molecule has 7 nitrogen and oxygen atoms in total. The molecular formula is C26H29FN6O. The number of phenolic OH excluding ortho intramolecular Hbond substituents is 1. The predicted molar refractivity (Wildman–Crippen MR) is 134 cm³/mol. The lowest BCUT2D eigenvalue weighted by Gasteiger charge is -2.35. The number of aryl methyl sites for hydroxylation is 1. The Labute approximate surface area is 198 Å². The minimum absolute atomic E-state index is 0.0823. The largest absolute Gasteiger partial charge is 0.507 e. The zero-order valence-electron chi connectivity index (χ0n) is 19.7. The van der Waals surface area contributed by atoms with Crippen molar-refractivity contribution in [3.8, 4) is 16.9 Å². The predicted octanol–water partition coefficient (Wildman–Crippen LogP) is 4.22. The Morgan fingerprint density at radius 3 is 2.82 bits per heavy atom. The van der Waals surface area contributed by atoms with Gasteiger partial charge in [-0.2, -0.15) is 5.10 Å². The van der Waals surface area contributed by atoms with E-state index in [9.17, 15) is 9.50 Å². The highest BCUT2D eigenvalue weighted by Crippen LogP contribution is 2.31. The van der Waals surface area contributed by atoms with Crippen LogP contribution in [-0.2, 0) is 7.05 Å². The standard InChI is InChI=1S/C26H29FN6O/c1-4-20-15-33(8-7-28-20)25-10-16(2)9-23(29-30-25)21-6-5-17(13-24(21)34)18-11-19-14-32(3)31-26(19)22(27)12-18/h5-6,9,11-14,20,28,34H,4,7-8,10,15H2,1-3H3. The molecule has 0 radical (unpaired) electrons. The van der Waals surface area contributed by atoms with E-state index in [1.165, 1.54) is 6.07 Å². The van der Waals surface area contributed by atoms with Crippen molar-refractivity contribution >= 4 is 22.5 Å². The van der Waals surface area contributed by atoms with Gasteiger partial charge in [-0.25, -0.2) is 4.39 Å². The van der Waals surface area contributed by atoms with Gasteiger partial charge in [0, 0.05) is 56.3 Å². The number of allylic oxidation sites excluding steroid dienone is 1. The van der Waals surface area contributed by atoms with E-state index in [-0.39, 0.29) is 11.6 Å². The van der Waals surface area contributed by atoms with Crippen LogP contribution in [0.4, 0.5) is 4.39 Å². The molecule has 0 amide bonds. The summed E-state index contributed by atoms with van der Waals surface area (Å²) >= 11 is 0. The number of hydrogen-bond acceptors (Lipinski definition) is 6. The zero-order valence-corrected chi connectivity index (χ0v) is 19.7. The first kappa shape index (κ1) is 22.3. The topological polar surface area (TPSA) is 78.0 Å². The van der Waals surface area contributed by atoms with Crippen LogP contribution in [0, 0.1) is 5.82 Å². The van der Waals surface area contributed by atoms with E-state index in [1.807, 2.05) is 24.3 Å². The summed E-state index contributed by atoms with van der Waals surface area (Å²) in [6.45, 7) is 7.02. The molecule has 0 spiro atoms. The van der Waals surface area contributed by atoms with Crippen LogP contribution >= 0.6 is 0 Å². The Bertz CT molecular complexity index is 1340. The molecule has 2 aromatic carbocycles. The summed E-state index contributed by atoms with van der Waals surface area (Å²) in [5, 5.41) is 28.3. The summed E-state index contributed by atoms with van der Waals surface area (Å²) < 4.78 is 16.1. The van der Waals surface area contributed by atoms with Crippen LogP contribution in [0.3, 0.4) is 0 Å². The number of phenols is 1. The molecular weight excluding hydrogens is 431 g/mol. The molecule has 3 heterocycles. The van der Waals surface area contributed by atoms with E-state index in [0.29, 0.717) is 33.8 Å². The van der Waals surface area contributed by atoms with E-state index >= 15 is 0 Å². The molecule has 1 aromatic heterocycles. The third-order valence-corrected chi connectivity index (χ3v) is 6.49. The molecule has 0 saturated carbocycles. The van der Waals surface area contributed by atoms with Gasteiger partial charge in [-0.1, -0.05) is 18.6 Å². The number of hydrogen-bond donors (Lipinski definition) is 2. The molecule has 0 bridgehead atoms. The molecule has 2 aliphatic rings. The highest BCUT2D eigenvalue weighted by molar-refractivity contribution is 6.12. The second kappa shape index (κ2) is 9.02. The fraction of sp³-hybridized carbons (Fsp3) is 0.346. The Morgan fingerprint density at radius 2 is 2.03 bits per heavy atom. The molecule has 176 valence electrons. The quantitative estimate of drug-likeness (QED) is 0.614. The van der Waals surface area contributed by atoms with E-state index < -0.39 is 0 Å². The normalized spacial score (nSPS) is 19.0. The Balaban J connectivity index is 1.45. The fourth-order valence-corrected chi connectivity index (χ4v) is 4.66. The minimum Gasteiger partial charge on any atom is -0.507 e. The van der Waals surface area contributed by atoms with Crippen molar-refractivity contribution in [2.24, 2.45) is 17.3 Å². The molecule has 2 N–H and O–H groups in total. The molecule has 8 heteroatoms. The van der Waals surface area contributed by atoms with E-state index in [2.05, 4.69) is 39.4 Å². The smallest absolute Gasteiger partial charge is 0.151 e. The Kier molecular flexibility index (Phi) is 5.91. The van der Waals surface area contributed by atoms with Crippen molar-refractivity contribution in [2.45, 2.75) is 32.7 Å². The number of nitrogens with zero attached hydrogens (tertiary/aromatic N) is 5. The van der Waals surface area contributed by atoms with Crippen molar-refractivity contribution in [1.82, 2.24) is 20.0 Å². The maximum absolute atomic E-state index is 14.6. The molecule has 34 heavy (non-hydrogen) atoms. The van der Waals surface area contributed by atoms with Crippen molar-refractivity contribution < 1.29 is 9.50 Å². The zero-order chi connectivity index (χ0) is 23.8. The van der Waals surface area contributed by atoms with Crippen LogP contribution in [0.5, 0.6) is 5.75 Å². The number of aromatic hydroxyl groups is 1. The van der Waals surface area contributed by atoms with Crippen molar-refractivity contribution in [3.63, 3.8) is 0 Å². The fourth-order valence-electron chi connectivity index (χ4n) is 4.66. The van der Waals surface area contributed by atoms with Gasteiger partial charge in [0.2, 0.25) is 0 Å². The number of piperazine rings is 1. The van der Waals surface area contributed by atoms with Crippen molar-refractivity contribution in [2.75, 3.05) is 19.6 Å². The average molecular weight is 461 g/mol. The highest BCUT2D eigenvalue weighted by atomic mass is 19.1. The maximum Gasteiger partial charge on any atom is 0.151 e. The first-order valence-corrected chi connectivity index (χ1v) is 11.7. The number of fused-ring (bicyclic) bond motifs is 1. The minimum atomic E-state index is -0.386. The Morgan fingerprint density at radius 1 is 1.18 bits per heavy atom. The van der Waals surface area contributed by atoms with Gasteiger partial charge in [0.15, 0.2) is 5.82 Å². The van der Waals surface area contributed by atoms with E-state index in [4.69, 9.17) is 0 Å². The molecule has 1 unspecified atom stereocenters. The SMILES string of the molecule is CCC1CN(C2=NN=C(c3ccc(-c4cc(F)c5nn(C)cc5c4)cc3O)C=C(C)C2)CCN1. The third-order valence-electron chi connectivity index (χ3n) is 6.49. The van der Waals surface area contributed by atoms with Gasteiger partial charge in [-0.05, 0) is 54.8 Å². The molecule has 1 atom stereocenters. The summed E-state index contributed by atoms with van der Waals surface area (Å²) in [5.41, 5.74) is 4.09. The van der Waals surface area contributed by atoms with Gasteiger partial charge in [0.1, 0.15) is 17.1 Å². The van der Waals surface area contributed by atoms with Gasteiger partial charge in [-0.3, -0.25) is 4.68 Å². The number of benzene rings is 2. The van der Waals surface area contributed by atoms with Crippen molar-refractivity contribution in [1.29, 1.82) is 0 Å². The van der Waals surface area contributed by atoms with E-state index in [0.717, 1.165) is 49.4 Å². The summed E-state index contributed by atoms with van der Waals surface area (Å²) in [6.07, 6.45) is 5.56. The summed E-state index contributed by atoms with van der Waals surface area (Å²) in [5.74, 6) is 0.655. The van der Waals surface area contributed by atoms with Crippen LogP contribution < -0.4 is 5.32 Å². The van der Waals surface area contributed by atoms with Crippen molar-refractivity contribution in [3.05, 3.63) is 59.6 Å². The number of halogens is 1. The second-order valence-corrected chi connectivity index (χ2v) is 9.10. The molecule has 3 aromatic rings. The van der Waals surface area contributed by atoms with E-state index in [1.54, 1.807) is 24.0 Å². The van der Waals surface area contributed by atoms with Crippen LogP contribution in [-0.4, -0.2) is 57.0 Å². The molecule has 2 aliphatic heterocycles. The van der Waals surface area contributed by atoms with Gasteiger partial charge in [0.05, 0.1) is 5.71 Å². The molecule has 5 rings (SSSR count). The number of rotatable bonds is 3. The van der Waals surface area contributed by atoms with Crippen LogP contribution in [0.15, 0.2) is 58.4 Å². The lowest BCUT2D eigenvalue weighted by Crippen LogP contribution is -2.52. The number of nitrogens with one attached hydrogen (secondary N) is 1. The number of aromatic nitrogens is 2. The lowest BCUT2D eigenvalue weighted by molar-refractivity contribution is 0.283. The summed E-state index contributed by atoms with van der Waals surface area (Å²) in [7, 11) is 1.76. The maximum atomic E-state index is 14.6. The average Bonchev–Trinajstić information content (AvgIpc) is 3.10. The Hall–Kier alpha value is -3.52. The van der Waals surface area contributed by atoms with Gasteiger partial charge >= 0.3 is 0 Å². The molecule has 1 fully saturated rings. The molecule has 0 aliphatic carbocycles. The second-order valence-electron chi connectivity index (χ2n) is 9.10. The van der Waals surface area contributed by atoms with Crippen LogP contribution in [0.25, 0.3) is 22.0 Å². The third kappa shape index (κ3) is 4.33. The first-order valence-electron chi connectivity index (χ1n) is 11.7. The molecule has 1 saturated heterocycles. The first-order chi connectivity index (χ1) is 16.4. The number of amidine groups is 1. The van der Waals surface area contributed by atoms with Crippen LogP contribution in [0.2, 0.25) is 0 Å². The monoisotopic (exact) mass is 460 g/mol. The highest BCUT2D eigenvalue weighted by Gasteiger charge is 2.22. The van der Waals surface area contributed by atoms with Gasteiger partial charge in [0.25, 0.3) is 0 Å². The van der Waals surface area contributed by atoms with Gasteiger partial charge < -0.3 is 15.3 Å². The van der Waals surface area contributed by atoms with Gasteiger partial charge in [-0.15, -0.1) is 10.2 Å². The summed E-state index contributed by atoms with van der Waals surface area (Å²) in [4.78, 5) is 2.31. The summed E-state index contributed by atoms with van der Waals surface area (Å²) in [6, 6.07) is 9.12.